The molecule has 0 aliphatic carbocycles. The summed E-state index contributed by atoms with van der Waals surface area (Å²) in [5.74, 6) is 0.377. The van der Waals surface area contributed by atoms with Crippen LogP contribution in [0.2, 0.25) is 0 Å². The summed E-state index contributed by atoms with van der Waals surface area (Å²) in [7, 11) is 0. The van der Waals surface area contributed by atoms with E-state index in [9.17, 15) is 13.2 Å². The molecular formula is C9H11F3N4. The summed E-state index contributed by atoms with van der Waals surface area (Å²) in [5.41, 5.74) is -0.970. The molecule has 16 heavy (non-hydrogen) atoms. The van der Waals surface area contributed by atoms with Gasteiger partial charge in [-0.2, -0.15) is 13.2 Å². The van der Waals surface area contributed by atoms with E-state index >= 15 is 0 Å². The standard InChI is InChI=1S/C9H11F3N4/c10-9(11,12)7-4-15-8(5-14-7)16-6-1-2-13-3-6/h4-6,13H,1-3H2,(H,15,16). The minimum Gasteiger partial charge on any atom is -0.365 e. The number of anilines is 1. The zero-order valence-electron chi connectivity index (χ0n) is 8.38. The third kappa shape index (κ3) is 2.60. The van der Waals surface area contributed by atoms with Gasteiger partial charge < -0.3 is 10.6 Å². The molecule has 1 fully saturated rings. The lowest BCUT2D eigenvalue weighted by Crippen LogP contribution is -2.23. The average molecular weight is 232 g/mol. The molecule has 0 amide bonds. The number of nitrogens with one attached hydrogen (secondary N) is 2. The molecular weight excluding hydrogens is 221 g/mol. The predicted molar refractivity (Wildman–Crippen MR) is 51.9 cm³/mol. The van der Waals surface area contributed by atoms with Crippen molar-refractivity contribution in [3.8, 4) is 0 Å². The normalized spacial score (nSPS) is 21.1. The Balaban J connectivity index is 2.01. The van der Waals surface area contributed by atoms with Gasteiger partial charge in [-0.1, -0.05) is 0 Å². The highest BCUT2D eigenvalue weighted by Crippen LogP contribution is 2.26. The largest absolute Gasteiger partial charge is 0.434 e. The molecule has 1 aromatic heterocycles. The summed E-state index contributed by atoms with van der Waals surface area (Å²) in [5, 5.41) is 6.15. The molecule has 4 nitrogen and oxygen atoms in total. The van der Waals surface area contributed by atoms with E-state index in [0.29, 0.717) is 5.82 Å². The van der Waals surface area contributed by atoms with Crippen LogP contribution in [0.5, 0.6) is 0 Å². The Kier molecular flexibility index (Phi) is 2.95. The maximum absolute atomic E-state index is 12.2. The van der Waals surface area contributed by atoms with Crippen molar-refractivity contribution in [2.45, 2.75) is 18.6 Å². The second-order valence-corrected chi connectivity index (χ2v) is 3.62. The Morgan fingerprint density at radius 3 is 2.62 bits per heavy atom. The van der Waals surface area contributed by atoms with Gasteiger partial charge in [-0.05, 0) is 13.0 Å². The van der Waals surface area contributed by atoms with Crippen molar-refractivity contribution in [1.29, 1.82) is 0 Å². The van der Waals surface area contributed by atoms with Gasteiger partial charge in [-0.3, -0.25) is 0 Å². The highest BCUT2D eigenvalue weighted by molar-refractivity contribution is 5.33. The summed E-state index contributed by atoms with van der Waals surface area (Å²) >= 11 is 0. The number of rotatable bonds is 2. The summed E-state index contributed by atoms with van der Waals surface area (Å²) in [6.07, 6.45) is -1.64. The molecule has 2 N–H and O–H groups in total. The Morgan fingerprint density at radius 2 is 2.12 bits per heavy atom. The minimum atomic E-state index is -4.43. The van der Waals surface area contributed by atoms with Crippen LogP contribution in [0.15, 0.2) is 12.4 Å². The number of alkyl halides is 3. The van der Waals surface area contributed by atoms with E-state index in [-0.39, 0.29) is 6.04 Å². The Morgan fingerprint density at radius 1 is 1.31 bits per heavy atom. The first-order chi connectivity index (χ1) is 7.55. The SMILES string of the molecule is FC(F)(F)c1cnc(NC2CCNC2)cn1. The fraction of sp³-hybridized carbons (Fsp3) is 0.556. The summed E-state index contributed by atoms with van der Waals surface area (Å²) in [4.78, 5) is 7.01. The van der Waals surface area contributed by atoms with Crippen molar-refractivity contribution in [1.82, 2.24) is 15.3 Å². The molecule has 0 aromatic carbocycles. The first kappa shape index (κ1) is 11.1. The van der Waals surface area contributed by atoms with E-state index in [1.807, 2.05) is 0 Å². The summed E-state index contributed by atoms with van der Waals surface area (Å²) < 4.78 is 36.6. The van der Waals surface area contributed by atoms with E-state index in [4.69, 9.17) is 0 Å². The van der Waals surface area contributed by atoms with Gasteiger partial charge in [0.05, 0.1) is 12.4 Å². The third-order valence-corrected chi connectivity index (χ3v) is 2.35. The second kappa shape index (κ2) is 4.25. The van der Waals surface area contributed by atoms with Gasteiger partial charge >= 0.3 is 6.18 Å². The molecule has 1 unspecified atom stereocenters. The third-order valence-electron chi connectivity index (χ3n) is 2.35. The predicted octanol–water partition coefficient (Wildman–Crippen LogP) is 1.27. The van der Waals surface area contributed by atoms with Gasteiger partial charge in [-0.25, -0.2) is 9.97 Å². The van der Waals surface area contributed by atoms with Gasteiger partial charge in [0.25, 0.3) is 0 Å². The molecule has 0 saturated carbocycles. The highest BCUT2D eigenvalue weighted by Gasteiger charge is 2.32. The number of hydrogen-bond donors (Lipinski definition) is 2. The lowest BCUT2D eigenvalue weighted by atomic mass is 10.2. The minimum absolute atomic E-state index is 0.214. The molecule has 1 saturated heterocycles. The van der Waals surface area contributed by atoms with E-state index in [1.165, 1.54) is 0 Å². The number of hydrogen-bond acceptors (Lipinski definition) is 4. The topological polar surface area (TPSA) is 49.8 Å². The quantitative estimate of drug-likeness (QED) is 0.806. The van der Waals surface area contributed by atoms with Crippen LogP contribution in [0.3, 0.4) is 0 Å². The molecule has 1 aliphatic rings. The number of aromatic nitrogens is 2. The Labute approximate surface area is 90.3 Å². The van der Waals surface area contributed by atoms with Gasteiger partial charge in [0.15, 0.2) is 5.69 Å². The number of nitrogens with zero attached hydrogens (tertiary/aromatic N) is 2. The van der Waals surface area contributed by atoms with Crippen molar-refractivity contribution in [2.75, 3.05) is 18.4 Å². The second-order valence-electron chi connectivity index (χ2n) is 3.62. The first-order valence-electron chi connectivity index (χ1n) is 4.92. The van der Waals surface area contributed by atoms with Crippen LogP contribution in [0, 0.1) is 0 Å². The van der Waals surface area contributed by atoms with Gasteiger partial charge in [0.2, 0.25) is 0 Å². The monoisotopic (exact) mass is 232 g/mol. The van der Waals surface area contributed by atoms with Crippen molar-refractivity contribution < 1.29 is 13.2 Å². The maximum atomic E-state index is 12.2. The lowest BCUT2D eigenvalue weighted by molar-refractivity contribution is -0.141. The molecule has 1 aliphatic heterocycles. The smallest absolute Gasteiger partial charge is 0.365 e. The van der Waals surface area contributed by atoms with Crippen molar-refractivity contribution >= 4 is 5.82 Å². The summed E-state index contributed by atoms with van der Waals surface area (Å²) in [6, 6.07) is 0.214. The maximum Gasteiger partial charge on any atom is 0.434 e. The Hall–Kier alpha value is -1.37. The molecule has 1 atom stereocenters. The molecule has 7 heteroatoms. The Bertz CT molecular complexity index is 343. The van der Waals surface area contributed by atoms with Crippen LogP contribution in [0.25, 0.3) is 0 Å². The van der Waals surface area contributed by atoms with E-state index in [2.05, 4.69) is 20.6 Å². The van der Waals surface area contributed by atoms with Crippen LogP contribution in [-0.2, 0) is 6.18 Å². The molecule has 2 heterocycles. The van der Waals surface area contributed by atoms with Crippen molar-refractivity contribution in [3.05, 3.63) is 18.1 Å². The first-order valence-corrected chi connectivity index (χ1v) is 4.92. The fourth-order valence-corrected chi connectivity index (χ4v) is 1.54. The van der Waals surface area contributed by atoms with E-state index in [0.717, 1.165) is 31.9 Å². The van der Waals surface area contributed by atoms with Crippen LogP contribution >= 0.6 is 0 Å². The zero-order chi connectivity index (χ0) is 11.6. The molecule has 88 valence electrons. The molecule has 0 bridgehead atoms. The highest BCUT2D eigenvalue weighted by atomic mass is 19.4. The van der Waals surface area contributed by atoms with Gasteiger partial charge in [0, 0.05) is 12.6 Å². The fourth-order valence-electron chi connectivity index (χ4n) is 1.54. The summed E-state index contributed by atoms with van der Waals surface area (Å²) in [6.45, 7) is 1.70. The van der Waals surface area contributed by atoms with Gasteiger partial charge in [0.1, 0.15) is 5.82 Å². The molecule has 1 aromatic rings. The van der Waals surface area contributed by atoms with Crippen LogP contribution < -0.4 is 10.6 Å². The molecule has 0 radical (unpaired) electrons. The zero-order valence-corrected chi connectivity index (χ0v) is 8.38. The number of halogens is 3. The van der Waals surface area contributed by atoms with Crippen molar-refractivity contribution in [3.63, 3.8) is 0 Å². The molecule has 0 spiro atoms. The molecule has 2 rings (SSSR count). The van der Waals surface area contributed by atoms with Crippen LogP contribution in [-0.4, -0.2) is 29.1 Å². The lowest BCUT2D eigenvalue weighted by Gasteiger charge is -2.12. The van der Waals surface area contributed by atoms with E-state index < -0.39 is 11.9 Å². The van der Waals surface area contributed by atoms with Crippen LogP contribution in [0.1, 0.15) is 12.1 Å². The van der Waals surface area contributed by atoms with Gasteiger partial charge in [-0.15, -0.1) is 0 Å². The van der Waals surface area contributed by atoms with E-state index in [1.54, 1.807) is 0 Å². The average Bonchev–Trinajstić information content (AvgIpc) is 2.70. The van der Waals surface area contributed by atoms with Crippen molar-refractivity contribution in [2.24, 2.45) is 0 Å². The van der Waals surface area contributed by atoms with Crippen LogP contribution in [0.4, 0.5) is 19.0 Å².